The van der Waals surface area contributed by atoms with Gasteiger partial charge in [0.25, 0.3) is 0 Å². The molecule has 0 unspecified atom stereocenters. The summed E-state index contributed by atoms with van der Waals surface area (Å²) in [4.78, 5) is 27.1. The van der Waals surface area contributed by atoms with Gasteiger partial charge in [-0.1, -0.05) is 36.7 Å². The molecule has 31 heavy (non-hydrogen) atoms. The van der Waals surface area contributed by atoms with Crippen LogP contribution in [0.4, 0.5) is 8.78 Å². The SMILES string of the molecule is CC[C@@H](C)NC(=O)[C@@H](C)N(Cc1ccc(F)cc1)C(=O)CSCc1c(F)cccc1Cl. The van der Waals surface area contributed by atoms with Crippen LogP contribution in [-0.4, -0.2) is 34.6 Å². The standard InChI is InChI=1S/C23H27ClF2N2O2S/c1-4-15(2)27-23(30)16(3)28(12-17-8-10-18(25)11-9-17)22(29)14-31-13-19-20(24)6-5-7-21(19)26/h5-11,15-16H,4,12-14H2,1-3H3,(H,27,30)/t15-,16-/m1/s1. The molecule has 0 aliphatic carbocycles. The van der Waals surface area contributed by atoms with E-state index in [1.165, 1.54) is 40.9 Å². The van der Waals surface area contributed by atoms with Crippen LogP contribution in [0.2, 0.25) is 5.02 Å². The molecule has 0 saturated carbocycles. The van der Waals surface area contributed by atoms with Gasteiger partial charge in [-0.25, -0.2) is 8.78 Å². The highest BCUT2D eigenvalue weighted by atomic mass is 35.5. The maximum atomic E-state index is 14.0. The third-order valence-electron chi connectivity index (χ3n) is 4.97. The summed E-state index contributed by atoms with van der Waals surface area (Å²) >= 11 is 7.27. The Balaban J connectivity index is 2.11. The smallest absolute Gasteiger partial charge is 0.242 e. The number of rotatable bonds is 10. The number of carbonyl (C=O) groups excluding carboxylic acids is 2. The first-order valence-electron chi connectivity index (χ1n) is 10.1. The predicted octanol–water partition coefficient (Wildman–Crippen LogP) is 5.18. The average molecular weight is 469 g/mol. The minimum atomic E-state index is -0.718. The van der Waals surface area contributed by atoms with E-state index in [-0.39, 0.29) is 41.7 Å². The molecule has 1 N–H and O–H groups in total. The molecule has 0 aliphatic heterocycles. The summed E-state index contributed by atoms with van der Waals surface area (Å²) in [6.07, 6.45) is 0.767. The van der Waals surface area contributed by atoms with Gasteiger partial charge in [0, 0.05) is 28.9 Å². The molecule has 0 spiro atoms. The molecule has 0 aromatic heterocycles. The third-order valence-corrected chi connectivity index (χ3v) is 6.27. The van der Waals surface area contributed by atoms with Crippen molar-refractivity contribution in [2.24, 2.45) is 0 Å². The lowest BCUT2D eigenvalue weighted by Crippen LogP contribution is -2.50. The Hall–Kier alpha value is -2.12. The molecule has 0 heterocycles. The van der Waals surface area contributed by atoms with Crippen molar-refractivity contribution in [3.8, 4) is 0 Å². The van der Waals surface area contributed by atoms with E-state index in [0.29, 0.717) is 16.1 Å². The monoisotopic (exact) mass is 468 g/mol. The Morgan fingerprint density at radius 3 is 2.42 bits per heavy atom. The van der Waals surface area contributed by atoms with Crippen molar-refractivity contribution >= 4 is 35.2 Å². The van der Waals surface area contributed by atoms with E-state index >= 15 is 0 Å². The zero-order chi connectivity index (χ0) is 23.0. The molecule has 0 fully saturated rings. The number of hydrogen-bond acceptors (Lipinski definition) is 3. The Labute approximate surface area is 191 Å². The van der Waals surface area contributed by atoms with E-state index < -0.39 is 11.9 Å². The maximum absolute atomic E-state index is 14.0. The van der Waals surface area contributed by atoms with Crippen LogP contribution in [0.15, 0.2) is 42.5 Å². The minimum absolute atomic E-state index is 0.0182. The van der Waals surface area contributed by atoms with Gasteiger partial charge < -0.3 is 10.2 Å². The van der Waals surface area contributed by atoms with Crippen LogP contribution in [0.3, 0.4) is 0 Å². The molecule has 0 saturated heterocycles. The van der Waals surface area contributed by atoms with Crippen molar-refractivity contribution in [2.75, 3.05) is 5.75 Å². The van der Waals surface area contributed by atoms with Crippen LogP contribution in [0.5, 0.6) is 0 Å². The number of amides is 2. The van der Waals surface area contributed by atoms with Gasteiger partial charge in [-0.05, 0) is 50.1 Å². The van der Waals surface area contributed by atoms with Gasteiger partial charge in [0.1, 0.15) is 17.7 Å². The lowest BCUT2D eigenvalue weighted by molar-refractivity contribution is -0.138. The highest BCUT2D eigenvalue weighted by Crippen LogP contribution is 2.24. The van der Waals surface area contributed by atoms with Crippen LogP contribution in [0.25, 0.3) is 0 Å². The van der Waals surface area contributed by atoms with Crippen molar-refractivity contribution < 1.29 is 18.4 Å². The van der Waals surface area contributed by atoms with Crippen LogP contribution in [0, 0.1) is 11.6 Å². The summed E-state index contributed by atoms with van der Waals surface area (Å²) in [6, 6.07) is 9.52. The fraction of sp³-hybridized carbons (Fsp3) is 0.391. The summed E-state index contributed by atoms with van der Waals surface area (Å²) in [5, 5.41) is 3.20. The second-order valence-electron chi connectivity index (χ2n) is 7.33. The van der Waals surface area contributed by atoms with E-state index in [1.54, 1.807) is 25.1 Å². The Morgan fingerprint density at radius 1 is 1.13 bits per heavy atom. The van der Waals surface area contributed by atoms with Crippen LogP contribution >= 0.6 is 23.4 Å². The highest BCUT2D eigenvalue weighted by molar-refractivity contribution is 7.99. The number of nitrogens with zero attached hydrogens (tertiary/aromatic N) is 1. The molecule has 0 bridgehead atoms. The van der Waals surface area contributed by atoms with Crippen molar-refractivity contribution in [3.05, 3.63) is 70.2 Å². The molecule has 4 nitrogen and oxygen atoms in total. The van der Waals surface area contributed by atoms with Gasteiger partial charge in [0.15, 0.2) is 0 Å². The lowest BCUT2D eigenvalue weighted by Gasteiger charge is -2.29. The number of nitrogens with one attached hydrogen (secondary N) is 1. The molecule has 2 aromatic rings. The summed E-state index contributed by atoms with van der Waals surface area (Å²) in [5.74, 6) is -1.04. The topological polar surface area (TPSA) is 49.4 Å². The van der Waals surface area contributed by atoms with Crippen LogP contribution in [-0.2, 0) is 21.9 Å². The summed E-state index contributed by atoms with van der Waals surface area (Å²) < 4.78 is 27.2. The largest absolute Gasteiger partial charge is 0.352 e. The quantitative estimate of drug-likeness (QED) is 0.522. The molecule has 2 rings (SSSR count). The van der Waals surface area contributed by atoms with Gasteiger partial charge in [-0.15, -0.1) is 11.8 Å². The van der Waals surface area contributed by atoms with Gasteiger partial charge in [0.2, 0.25) is 11.8 Å². The molecule has 2 amide bonds. The number of hydrogen-bond donors (Lipinski definition) is 1. The summed E-state index contributed by atoms with van der Waals surface area (Å²) in [6.45, 7) is 5.68. The average Bonchev–Trinajstić information content (AvgIpc) is 2.74. The molecule has 168 valence electrons. The normalized spacial score (nSPS) is 12.8. The molecule has 8 heteroatoms. The number of benzene rings is 2. The van der Waals surface area contributed by atoms with Gasteiger partial charge in [0.05, 0.1) is 5.75 Å². The van der Waals surface area contributed by atoms with E-state index in [4.69, 9.17) is 11.6 Å². The van der Waals surface area contributed by atoms with Crippen molar-refractivity contribution in [1.29, 1.82) is 0 Å². The van der Waals surface area contributed by atoms with E-state index in [0.717, 1.165) is 6.42 Å². The second-order valence-corrected chi connectivity index (χ2v) is 8.73. The van der Waals surface area contributed by atoms with Gasteiger partial charge in [-0.3, -0.25) is 9.59 Å². The molecular formula is C23H27ClF2N2O2S. The van der Waals surface area contributed by atoms with Crippen molar-refractivity contribution in [2.45, 2.75) is 51.6 Å². The van der Waals surface area contributed by atoms with E-state index in [9.17, 15) is 18.4 Å². The number of thioether (sulfide) groups is 1. The first kappa shape index (κ1) is 25.1. The maximum Gasteiger partial charge on any atom is 0.242 e. The summed E-state index contributed by atoms with van der Waals surface area (Å²) in [7, 11) is 0. The van der Waals surface area contributed by atoms with Crippen LogP contribution in [0.1, 0.15) is 38.3 Å². The molecule has 2 aromatic carbocycles. The van der Waals surface area contributed by atoms with Gasteiger partial charge >= 0.3 is 0 Å². The highest BCUT2D eigenvalue weighted by Gasteiger charge is 2.26. The summed E-state index contributed by atoms with van der Waals surface area (Å²) in [5.41, 5.74) is 1.05. The predicted molar refractivity (Wildman–Crippen MR) is 122 cm³/mol. The Kier molecular flexibility index (Phi) is 9.78. The zero-order valence-electron chi connectivity index (χ0n) is 17.8. The van der Waals surface area contributed by atoms with Crippen molar-refractivity contribution in [1.82, 2.24) is 10.2 Å². The first-order chi connectivity index (χ1) is 14.7. The van der Waals surface area contributed by atoms with Crippen LogP contribution < -0.4 is 5.32 Å². The molecule has 0 aliphatic rings. The first-order valence-corrected chi connectivity index (χ1v) is 11.6. The third kappa shape index (κ3) is 7.51. The molecular weight excluding hydrogens is 442 g/mol. The Bertz CT molecular complexity index is 875. The molecule has 2 atom stereocenters. The lowest BCUT2D eigenvalue weighted by atomic mass is 10.1. The second kappa shape index (κ2) is 12.1. The molecule has 0 radical (unpaired) electrons. The number of halogens is 3. The van der Waals surface area contributed by atoms with E-state index in [1.807, 2.05) is 13.8 Å². The number of carbonyl (C=O) groups is 2. The zero-order valence-corrected chi connectivity index (χ0v) is 19.4. The van der Waals surface area contributed by atoms with Crippen molar-refractivity contribution in [3.63, 3.8) is 0 Å². The fourth-order valence-corrected chi connectivity index (χ4v) is 4.08. The van der Waals surface area contributed by atoms with E-state index in [2.05, 4.69) is 5.32 Å². The Morgan fingerprint density at radius 2 is 1.81 bits per heavy atom. The fourth-order valence-electron chi connectivity index (χ4n) is 2.83. The minimum Gasteiger partial charge on any atom is -0.352 e. The van der Waals surface area contributed by atoms with Gasteiger partial charge in [-0.2, -0.15) is 0 Å².